The number of rotatable bonds is 3. The lowest BCUT2D eigenvalue weighted by atomic mass is 9.70. The van der Waals surface area contributed by atoms with Crippen molar-refractivity contribution in [2.75, 3.05) is 32.1 Å². The van der Waals surface area contributed by atoms with Crippen molar-refractivity contribution in [1.82, 2.24) is 15.1 Å². The summed E-state index contributed by atoms with van der Waals surface area (Å²) in [5, 5.41) is 4.49. The van der Waals surface area contributed by atoms with Crippen LogP contribution >= 0.6 is 11.8 Å². The highest BCUT2D eigenvalue weighted by atomic mass is 32.2. The fraction of sp³-hybridized carbons (Fsp3) is 0.913. The number of hydrogen-bond acceptors (Lipinski definition) is 4. The molecule has 5 rings (SSSR count). The van der Waals surface area contributed by atoms with Gasteiger partial charge in [-0.05, 0) is 69.6 Å². The molecule has 3 atom stereocenters. The molecular formula is C23H37N3O2S. The molecule has 3 unspecified atom stereocenters. The normalized spacial score (nSPS) is 39.1. The number of amides is 2. The quantitative estimate of drug-likeness (QED) is 0.764. The second kappa shape index (κ2) is 8.07. The van der Waals surface area contributed by atoms with Gasteiger partial charge in [-0.1, -0.05) is 6.92 Å². The summed E-state index contributed by atoms with van der Waals surface area (Å²) in [5.41, 5.74) is -0.0865. The molecule has 0 aromatic heterocycles. The third-order valence-electron chi connectivity index (χ3n) is 8.66. The highest BCUT2D eigenvalue weighted by Crippen LogP contribution is 2.47. The molecule has 5 fully saturated rings. The van der Waals surface area contributed by atoms with Gasteiger partial charge in [0.25, 0.3) is 0 Å². The molecule has 5 nitrogen and oxygen atoms in total. The van der Waals surface area contributed by atoms with Gasteiger partial charge in [-0.3, -0.25) is 9.59 Å². The Balaban J connectivity index is 1.07. The molecule has 0 aromatic carbocycles. The van der Waals surface area contributed by atoms with E-state index in [0.29, 0.717) is 11.8 Å². The van der Waals surface area contributed by atoms with E-state index in [1.54, 1.807) is 0 Å². The molecule has 5 aliphatic rings. The largest absolute Gasteiger partial charge is 0.339 e. The fourth-order valence-electron chi connectivity index (χ4n) is 6.28. The molecule has 1 N–H and O–H groups in total. The second-order valence-corrected chi connectivity index (χ2v) is 11.8. The first kappa shape index (κ1) is 20.2. The number of thioether (sulfide) groups is 1. The van der Waals surface area contributed by atoms with E-state index in [4.69, 9.17) is 0 Å². The van der Waals surface area contributed by atoms with Gasteiger partial charge in [0.2, 0.25) is 11.8 Å². The molecule has 6 heteroatoms. The third-order valence-corrected chi connectivity index (χ3v) is 9.94. The van der Waals surface area contributed by atoms with Crippen molar-refractivity contribution in [3.63, 3.8) is 0 Å². The van der Waals surface area contributed by atoms with E-state index in [1.165, 1.54) is 32.1 Å². The van der Waals surface area contributed by atoms with Crippen LogP contribution in [-0.2, 0) is 9.59 Å². The summed E-state index contributed by atoms with van der Waals surface area (Å²) < 4.78 is 0. The smallest absolute Gasteiger partial charge is 0.228 e. The maximum atomic E-state index is 13.1. The minimum Gasteiger partial charge on any atom is -0.339 e. The summed E-state index contributed by atoms with van der Waals surface area (Å²) in [4.78, 5) is 29.7. The zero-order chi connectivity index (χ0) is 20.0. The monoisotopic (exact) mass is 419 g/mol. The fourth-order valence-corrected chi connectivity index (χ4v) is 7.65. The summed E-state index contributed by atoms with van der Waals surface area (Å²) in [6.07, 6.45) is 10.8. The average molecular weight is 420 g/mol. The molecule has 2 aliphatic heterocycles. The van der Waals surface area contributed by atoms with E-state index < -0.39 is 0 Å². The van der Waals surface area contributed by atoms with Gasteiger partial charge in [0, 0.05) is 54.7 Å². The molecule has 3 aliphatic carbocycles. The van der Waals surface area contributed by atoms with Crippen LogP contribution in [0, 0.1) is 23.2 Å². The van der Waals surface area contributed by atoms with Crippen LogP contribution in [0.15, 0.2) is 0 Å². The van der Waals surface area contributed by atoms with Crippen LogP contribution in [0.5, 0.6) is 0 Å². The van der Waals surface area contributed by atoms with Crippen LogP contribution in [0.1, 0.15) is 64.7 Å². The van der Waals surface area contributed by atoms with Crippen molar-refractivity contribution in [3.8, 4) is 0 Å². The summed E-state index contributed by atoms with van der Waals surface area (Å²) >= 11 is 2.13. The molecule has 0 radical (unpaired) electrons. The SMILES string of the molecule is CC1(C(=O)N2CCN(C(=O)C3CCC(C4CCC5NCSC5C4)CC3)CC2)CC1. The zero-order valence-corrected chi connectivity index (χ0v) is 18.7. The molecule has 0 spiro atoms. The molecule has 0 bridgehead atoms. The lowest BCUT2D eigenvalue weighted by Crippen LogP contribution is -2.53. The molecule has 2 heterocycles. The van der Waals surface area contributed by atoms with E-state index in [-0.39, 0.29) is 11.3 Å². The molecule has 162 valence electrons. The predicted molar refractivity (Wildman–Crippen MR) is 116 cm³/mol. The van der Waals surface area contributed by atoms with E-state index in [2.05, 4.69) is 28.9 Å². The topological polar surface area (TPSA) is 52.7 Å². The Bertz CT molecular complexity index is 636. The van der Waals surface area contributed by atoms with Gasteiger partial charge < -0.3 is 15.1 Å². The van der Waals surface area contributed by atoms with Crippen molar-refractivity contribution in [3.05, 3.63) is 0 Å². The van der Waals surface area contributed by atoms with Gasteiger partial charge in [-0.15, -0.1) is 11.8 Å². The van der Waals surface area contributed by atoms with E-state index >= 15 is 0 Å². The van der Waals surface area contributed by atoms with Gasteiger partial charge >= 0.3 is 0 Å². The van der Waals surface area contributed by atoms with E-state index in [9.17, 15) is 9.59 Å². The number of fused-ring (bicyclic) bond motifs is 1. The van der Waals surface area contributed by atoms with Crippen molar-refractivity contribution in [2.45, 2.75) is 76.0 Å². The molecule has 2 amide bonds. The van der Waals surface area contributed by atoms with Crippen molar-refractivity contribution >= 4 is 23.6 Å². The van der Waals surface area contributed by atoms with Crippen LogP contribution in [-0.4, -0.2) is 65.0 Å². The average Bonchev–Trinajstić information content (AvgIpc) is 3.34. The number of hydrogen-bond donors (Lipinski definition) is 1. The lowest BCUT2D eigenvalue weighted by Gasteiger charge is -2.41. The molecule has 2 saturated heterocycles. The first-order valence-corrected chi connectivity index (χ1v) is 13.0. The van der Waals surface area contributed by atoms with Gasteiger partial charge in [-0.2, -0.15) is 0 Å². The molecule has 0 aromatic rings. The highest BCUT2D eigenvalue weighted by Gasteiger charge is 2.47. The summed E-state index contributed by atoms with van der Waals surface area (Å²) in [6, 6.07) is 0.766. The molecular weight excluding hydrogens is 382 g/mol. The number of nitrogens with one attached hydrogen (secondary N) is 1. The van der Waals surface area contributed by atoms with Crippen LogP contribution in [0.3, 0.4) is 0 Å². The van der Waals surface area contributed by atoms with Gasteiger partial charge in [0.1, 0.15) is 0 Å². The number of piperazine rings is 1. The van der Waals surface area contributed by atoms with Crippen molar-refractivity contribution in [2.24, 2.45) is 23.2 Å². The summed E-state index contributed by atoms with van der Waals surface area (Å²) in [5.74, 6) is 3.78. The maximum Gasteiger partial charge on any atom is 0.228 e. The standard InChI is InChI=1S/C23H37N3O2S/c1-23(8-9-23)22(28)26-12-10-25(11-13-26)21(27)17-4-2-16(3-5-17)18-6-7-19-20(14-18)29-15-24-19/h16-20,24H,2-15H2,1H3. The summed E-state index contributed by atoms with van der Waals surface area (Å²) in [6.45, 7) is 5.00. The van der Waals surface area contributed by atoms with Crippen molar-refractivity contribution < 1.29 is 9.59 Å². The second-order valence-electron chi connectivity index (χ2n) is 10.5. The Hall–Kier alpha value is -0.750. The Morgan fingerprint density at radius 2 is 1.55 bits per heavy atom. The Morgan fingerprint density at radius 3 is 2.24 bits per heavy atom. The minimum atomic E-state index is -0.0865. The van der Waals surface area contributed by atoms with Gasteiger partial charge in [0.15, 0.2) is 0 Å². The zero-order valence-electron chi connectivity index (χ0n) is 17.9. The van der Waals surface area contributed by atoms with Crippen LogP contribution in [0.2, 0.25) is 0 Å². The first-order chi connectivity index (χ1) is 14.0. The number of carbonyl (C=O) groups excluding carboxylic acids is 2. The molecule has 3 saturated carbocycles. The summed E-state index contributed by atoms with van der Waals surface area (Å²) in [7, 11) is 0. The van der Waals surface area contributed by atoms with Gasteiger partial charge in [-0.25, -0.2) is 0 Å². The van der Waals surface area contributed by atoms with Crippen LogP contribution < -0.4 is 5.32 Å². The van der Waals surface area contributed by atoms with Gasteiger partial charge in [0.05, 0.1) is 0 Å². The molecule has 29 heavy (non-hydrogen) atoms. The Labute approximate surface area is 179 Å². The number of carbonyl (C=O) groups is 2. The third kappa shape index (κ3) is 4.08. The Kier molecular flexibility index (Phi) is 5.61. The maximum absolute atomic E-state index is 13.1. The minimum absolute atomic E-state index is 0.0865. The first-order valence-electron chi connectivity index (χ1n) is 12.0. The van der Waals surface area contributed by atoms with Crippen LogP contribution in [0.4, 0.5) is 0 Å². The van der Waals surface area contributed by atoms with Crippen LogP contribution in [0.25, 0.3) is 0 Å². The van der Waals surface area contributed by atoms with Crippen molar-refractivity contribution in [1.29, 1.82) is 0 Å². The van der Waals surface area contributed by atoms with E-state index in [1.807, 2.05) is 4.90 Å². The van der Waals surface area contributed by atoms with E-state index in [0.717, 1.165) is 80.9 Å². The predicted octanol–water partition coefficient (Wildman–Crippen LogP) is 3.09. The highest BCUT2D eigenvalue weighted by molar-refractivity contribution is 8.00. The lowest BCUT2D eigenvalue weighted by molar-refractivity contribution is -0.145. The Morgan fingerprint density at radius 1 is 0.897 bits per heavy atom. The number of nitrogens with zero attached hydrogens (tertiary/aromatic N) is 2.